The van der Waals surface area contributed by atoms with E-state index >= 15 is 0 Å². The summed E-state index contributed by atoms with van der Waals surface area (Å²) in [6, 6.07) is 0. The molecule has 0 aromatic heterocycles. The van der Waals surface area contributed by atoms with Crippen LogP contribution in [0.25, 0.3) is 0 Å². The first-order chi connectivity index (χ1) is 4.70. The summed E-state index contributed by atoms with van der Waals surface area (Å²) in [5, 5.41) is 0. The Bertz CT molecular complexity index is 125. The fraction of sp³-hybridized carbons (Fsp3) is 0.889. The van der Waals surface area contributed by atoms with E-state index in [2.05, 4.69) is 0 Å². The van der Waals surface area contributed by atoms with Crippen LogP contribution in [0.4, 0.5) is 0 Å². The summed E-state index contributed by atoms with van der Waals surface area (Å²) < 4.78 is 0. The third kappa shape index (κ3) is 2.51. The number of carbonyl (C=O) groups excluding carboxylic acids is 1. The summed E-state index contributed by atoms with van der Waals surface area (Å²) in [6.07, 6.45) is 5.20. The lowest BCUT2D eigenvalue weighted by molar-refractivity contribution is -0.120. The molecule has 0 aromatic rings. The largest absolute Gasteiger partial charge is 0.300 e. The van der Waals surface area contributed by atoms with Crippen molar-refractivity contribution >= 4 is 5.78 Å². The molecule has 58 valence electrons. The van der Waals surface area contributed by atoms with Crippen molar-refractivity contribution in [3.05, 3.63) is 0 Å². The highest BCUT2D eigenvalue weighted by Gasteiger charge is 2.22. The van der Waals surface area contributed by atoms with Crippen molar-refractivity contribution in [3.63, 3.8) is 0 Å². The molecule has 1 unspecified atom stereocenters. The van der Waals surface area contributed by atoms with Gasteiger partial charge in [-0.25, -0.2) is 0 Å². The van der Waals surface area contributed by atoms with E-state index < -0.39 is 0 Å². The maximum atomic E-state index is 10.8. The van der Waals surface area contributed by atoms with Crippen molar-refractivity contribution in [2.75, 3.05) is 0 Å². The standard InChI is InChI=1S/C9H16O/c1-7(8(2)10)3-4-9-5-6-9/h7,9H,3-6H2,1-2H3. The minimum absolute atomic E-state index is 0.306. The second-order valence-electron chi connectivity index (χ2n) is 3.53. The highest BCUT2D eigenvalue weighted by molar-refractivity contribution is 5.77. The molecule has 1 rings (SSSR count). The molecule has 0 saturated heterocycles. The van der Waals surface area contributed by atoms with Crippen LogP contribution in [0.3, 0.4) is 0 Å². The van der Waals surface area contributed by atoms with Gasteiger partial charge >= 0.3 is 0 Å². The molecular weight excluding hydrogens is 124 g/mol. The van der Waals surface area contributed by atoms with Crippen LogP contribution >= 0.6 is 0 Å². The molecule has 0 aromatic carbocycles. The Labute approximate surface area is 62.8 Å². The third-order valence-electron chi connectivity index (χ3n) is 2.40. The summed E-state index contributed by atoms with van der Waals surface area (Å²) in [7, 11) is 0. The van der Waals surface area contributed by atoms with Crippen LogP contribution in [0.1, 0.15) is 39.5 Å². The minimum Gasteiger partial charge on any atom is -0.300 e. The predicted octanol–water partition coefficient (Wildman–Crippen LogP) is 2.40. The first kappa shape index (κ1) is 7.77. The normalized spacial score (nSPS) is 20.6. The first-order valence-electron chi connectivity index (χ1n) is 4.20. The van der Waals surface area contributed by atoms with Gasteiger partial charge in [0, 0.05) is 5.92 Å². The van der Waals surface area contributed by atoms with Crippen LogP contribution in [0.5, 0.6) is 0 Å². The molecule has 0 aliphatic heterocycles. The lowest BCUT2D eigenvalue weighted by Crippen LogP contribution is -2.05. The number of hydrogen-bond acceptors (Lipinski definition) is 1. The van der Waals surface area contributed by atoms with Gasteiger partial charge in [-0.15, -0.1) is 0 Å². The average molecular weight is 140 g/mol. The van der Waals surface area contributed by atoms with E-state index in [-0.39, 0.29) is 0 Å². The number of rotatable bonds is 4. The third-order valence-corrected chi connectivity index (χ3v) is 2.40. The quantitative estimate of drug-likeness (QED) is 0.586. The molecule has 1 aliphatic rings. The molecule has 0 heterocycles. The summed E-state index contributed by atoms with van der Waals surface area (Å²) in [6.45, 7) is 3.72. The van der Waals surface area contributed by atoms with Crippen LogP contribution in [0.15, 0.2) is 0 Å². The average Bonchev–Trinajstić information content (AvgIpc) is 2.64. The Balaban J connectivity index is 2.05. The van der Waals surface area contributed by atoms with E-state index in [1.807, 2.05) is 6.92 Å². The van der Waals surface area contributed by atoms with Gasteiger partial charge in [-0.2, -0.15) is 0 Å². The van der Waals surface area contributed by atoms with Gasteiger partial charge < -0.3 is 0 Å². The molecule has 0 spiro atoms. The van der Waals surface area contributed by atoms with Crippen LogP contribution in [-0.2, 0) is 4.79 Å². The molecule has 1 fully saturated rings. The SMILES string of the molecule is CC(=O)C(C)CCC1CC1. The number of Topliss-reactive ketones (excluding diaryl/α,β-unsaturated/α-hetero) is 1. The maximum Gasteiger partial charge on any atom is 0.132 e. The van der Waals surface area contributed by atoms with Gasteiger partial charge in [0.2, 0.25) is 0 Å². The lowest BCUT2D eigenvalue weighted by Gasteiger charge is -2.04. The van der Waals surface area contributed by atoms with E-state index in [1.165, 1.54) is 19.3 Å². The zero-order chi connectivity index (χ0) is 7.56. The van der Waals surface area contributed by atoms with Gasteiger partial charge in [0.15, 0.2) is 0 Å². The smallest absolute Gasteiger partial charge is 0.132 e. The highest BCUT2D eigenvalue weighted by Crippen LogP contribution is 2.34. The predicted molar refractivity (Wildman–Crippen MR) is 41.8 cm³/mol. The van der Waals surface area contributed by atoms with Crippen molar-refractivity contribution in [3.8, 4) is 0 Å². The fourth-order valence-corrected chi connectivity index (χ4v) is 1.10. The lowest BCUT2D eigenvalue weighted by atomic mass is 10.0. The number of hydrogen-bond donors (Lipinski definition) is 0. The van der Waals surface area contributed by atoms with Crippen LogP contribution < -0.4 is 0 Å². The molecule has 1 nitrogen and oxygen atoms in total. The van der Waals surface area contributed by atoms with Gasteiger partial charge in [-0.1, -0.05) is 19.8 Å². The van der Waals surface area contributed by atoms with E-state index in [0.717, 1.165) is 12.3 Å². The second-order valence-corrected chi connectivity index (χ2v) is 3.53. The molecule has 1 saturated carbocycles. The minimum atomic E-state index is 0.306. The van der Waals surface area contributed by atoms with Crippen molar-refractivity contribution in [2.45, 2.75) is 39.5 Å². The van der Waals surface area contributed by atoms with E-state index in [4.69, 9.17) is 0 Å². The second kappa shape index (κ2) is 3.18. The van der Waals surface area contributed by atoms with Crippen LogP contribution in [0.2, 0.25) is 0 Å². The maximum absolute atomic E-state index is 10.8. The molecule has 1 heteroatoms. The summed E-state index contributed by atoms with van der Waals surface area (Å²) in [5.41, 5.74) is 0. The zero-order valence-corrected chi connectivity index (χ0v) is 6.89. The van der Waals surface area contributed by atoms with Crippen molar-refractivity contribution in [2.24, 2.45) is 11.8 Å². The Morgan fingerprint density at radius 3 is 2.60 bits per heavy atom. The molecule has 1 aliphatic carbocycles. The zero-order valence-electron chi connectivity index (χ0n) is 6.89. The molecule has 10 heavy (non-hydrogen) atoms. The summed E-state index contributed by atoms with van der Waals surface area (Å²) >= 11 is 0. The topological polar surface area (TPSA) is 17.1 Å². The molecule has 0 bridgehead atoms. The number of ketones is 1. The molecule has 1 atom stereocenters. The highest BCUT2D eigenvalue weighted by atomic mass is 16.1. The van der Waals surface area contributed by atoms with Crippen molar-refractivity contribution < 1.29 is 4.79 Å². The first-order valence-corrected chi connectivity index (χ1v) is 4.20. The fourth-order valence-electron chi connectivity index (χ4n) is 1.10. The monoisotopic (exact) mass is 140 g/mol. The Kier molecular flexibility index (Phi) is 2.47. The van der Waals surface area contributed by atoms with Crippen molar-refractivity contribution in [1.82, 2.24) is 0 Å². The molecule has 0 amide bonds. The van der Waals surface area contributed by atoms with Gasteiger partial charge in [0.1, 0.15) is 5.78 Å². The van der Waals surface area contributed by atoms with Gasteiger partial charge in [0.25, 0.3) is 0 Å². The molecule has 0 radical (unpaired) electrons. The molecular formula is C9H16O. The summed E-state index contributed by atoms with van der Waals surface area (Å²) in [4.78, 5) is 10.8. The van der Waals surface area contributed by atoms with E-state index in [1.54, 1.807) is 6.92 Å². The van der Waals surface area contributed by atoms with E-state index in [9.17, 15) is 4.79 Å². The van der Waals surface area contributed by atoms with Gasteiger partial charge in [-0.3, -0.25) is 4.79 Å². The number of carbonyl (C=O) groups is 1. The van der Waals surface area contributed by atoms with Crippen LogP contribution in [0, 0.1) is 11.8 Å². The van der Waals surface area contributed by atoms with Gasteiger partial charge in [-0.05, 0) is 25.7 Å². The summed E-state index contributed by atoms with van der Waals surface area (Å²) in [5.74, 6) is 1.63. The Hall–Kier alpha value is -0.330. The van der Waals surface area contributed by atoms with Gasteiger partial charge in [0.05, 0.1) is 0 Å². The molecule has 0 N–H and O–H groups in total. The van der Waals surface area contributed by atoms with E-state index in [0.29, 0.717) is 11.7 Å². The van der Waals surface area contributed by atoms with Crippen molar-refractivity contribution in [1.29, 1.82) is 0 Å². The Morgan fingerprint density at radius 2 is 2.20 bits per heavy atom. The van der Waals surface area contributed by atoms with Crippen LogP contribution in [-0.4, -0.2) is 5.78 Å². The Morgan fingerprint density at radius 1 is 1.60 bits per heavy atom.